The van der Waals surface area contributed by atoms with Crippen LogP contribution in [-0.4, -0.2) is 53.3 Å². The molecule has 0 aromatic heterocycles. The summed E-state index contributed by atoms with van der Waals surface area (Å²) < 4.78 is 10.9. The van der Waals surface area contributed by atoms with Crippen molar-refractivity contribution in [2.45, 2.75) is 64.9 Å². The topological polar surface area (TPSA) is 93.1 Å². The largest absolute Gasteiger partial charge is 0.481 e. The average molecular weight is 484 g/mol. The lowest BCUT2D eigenvalue weighted by Crippen LogP contribution is -2.47. The van der Waals surface area contributed by atoms with E-state index in [1.165, 1.54) is 11.0 Å². The normalized spacial score (nSPS) is 12.9. The molecular formula is C28H37NO6. The van der Waals surface area contributed by atoms with Crippen molar-refractivity contribution in [3.63, 3.8) is 0 Å². The van der Waals surface area contributed by atoms with Gasteiger partial charge in [0.25, 0.3) is 0 Å². The highest BCUT2D eigenvalue weighted by molar-refractivity contribution is 5.91. The van der Waals surface area contributed by atoms with E-state index in [1.807, 2.05) is 37.3 Å². The number of amides is 1. The summed E-state index contributed by atoms with van der Waals surface area (Å²) in [5.41, 5.74) is -0.466. The minimum Gasteiger partial charge on any atom is -0.481 e. The fraction of sp³-hybridized carbons (Fsp3) is 0.464. The number of carboxylic acid groups (broad SMARTS) is 1. The third-order valence-corrected chi connectivity index (χ3v) is 5.61. The third kappa shape index (κ3) is 8.42. The molecule has 0 bridgehead atoms. The summed E-state index contributed by atoms with van der Waals surface area (Å²) in [5, 5.41) is 10.2. The SMILES string of the molecule is CCCCOC(=O)N(CCc1ccccc1)CC(C)(C(=O)O)c1cccc(C(=O)OC(C)(C)C)c1. The molecule has 0 fully saturated rings. The van der Waals surface area contributed by atoms with Gasteiger partial charge >= 0.3 is 18.0 Å². The Hall–Kier alpha value is -3.35. The molecular weight excluding hydrogens is 446 g/mol. The van der Waals surface area contributed by atoms with Crippen LogP contribution in [-0.2, 0) is 26.1 Å². The van der Waals surface area contributed by atoms with Crippen molar-refractivity contribution < 1.29 is 29.0 Å². The predicted molar refractivity (Wildman–Crippen MR) is 135 cm³/mol. The molecule has 1 atom stereocenters. The van der Waals surface area contributed by atoms with Crippen molar-refractivity contribution in [1.82, 2.24) is 4.90 Å². The first-order valence-corrected chi connectivity index (χ1v) is 12.0. The van der Waals surface area contributed by atoms with E-state index in [9.17, 15) is 19.5 Å². The second-order valence-corrected chi connectivity index (χ2v) is 9.85. The van der Waals surface area contributed by atoms with Gasteiger partial charge in [0.2, 0.25) is 0 Å². The van der Waals surface area contributed by atoms with Crippen molar-refractivity contribution in [1.29, 1.82) is 0 Å². The maximum atomic E-state index is 12.9. The molecule has 0 aliphatic rings. The number of ether oxygens (including phenoxy) is 2. The molecule has 1 N–H and O–H groups in total. The molecule has 0 radical (unpaired) electrons. The van der Waals surface area contributed by atoms with Crippen LogP contribution in [0.3, 0.4) is 0 Å². The van der Waals surface area contributed by atoms with E-state index in [1.54, 1.807) is 45.9 Å². The number of hydrogen-bond acceptors (Lipinski definition) is 5. The number of carboxylic acids is 1. The number of rotatable bonds is 11. The van der Waals surface area contributed by atoms with Crippen LogP contribution in [0.5, 0.6) is 0 Å². The Balaban J connectivity index is 2.33. The Morgan fingerprint density at radius 1 is 0.971 bits per heavy atom. The van der Waals surface area contributed by atoms with Crippen LogP contribution in [0.4, 0.5) is 4.79 Å². The zero-order valence-electron chi connectivity index (χ0n) is 21.4. The predicted octanol–water partition coefficient (Wildman–Crippen LogP) is 5.47. The fourth-order valence-corrected chi connectivity index (χ4v) is 3.53. The maximum absolute atomic E-state index is 12.9. The highest BCUT2D eigenvalue weighted by atomic mass is 16.6. The van der Waals surface area contributed by atoms with Gasteiger partial charge in [0.1, 0.15) is 11.0 Å². The van der Waals surface area contributed by atoms with Gasteiger partial charge in [0.15, 0.2) is 0 Å². The molecule has 2 rings (SSSR count). The van der Waals surface area contributed by atoms with Crippen molar-refractivity contribution in [2.75, 3.05) is 19.7 Å². The van der Waals surface area contributed by atoms with Crippen molar-refractivity contribution in [3.05, 3.63) is 71.3 Å². The smallest absolute Gasteiger partial charge is 0.409 e. The lowest BCUT2D eigenvalue weighted by atomic mass is 9.81. The van der Waals surface area contributed by atoms with Gasteiger partial charge in [-0.3, -0.25) is 4.79 Å². The monoisotopic (exact) mass is 483 g/mol. The molecule has 0 saturated carbocycles. The van der Waals surface area contributed by atoms with Gasteiger partial charge in [0.05, 0.1) is 12.2 Å². The third-order valence-electron chi connectivity index (χ3n) is 5.61. The van der Waals surface area contributed by atoms with Crippen LogP contribution in [0.2, 0.25) is 0 Å². The lowest BCUT2D eigenvalue weighted by molar-refractivity contribution is -0.143. The number of unbranched alkanes of at least 4 members (excludes halogenated alkanes) is 1. The highest BCUT2D eigenvalue weighted by Crippen LogP contribution is 2.28. The number of carbonyl (C=O) groups is 3. The molecule has 0 aliphatic carbocycles. The van der Waals surface area contributed by atoms with Crippen LogP contribution in [0.25, 0.3) is 0 Å². The number of carbonyl (C=O) groups excluding carboxylic acids is 2. The molecule has 2 aromatic carbocycles. The average Bonchev–Trinajstić information content (AvgIpc) is 2.81. The van der Waals surface area contributed by atoms with Crippen LogP contribution >= 0.6 is 0 Å². The molecule has 1 unspecified atom stereocenters. The maximum Gasteiger partial charge on any atom is 0.409 e. The van der Waals surface area contributed by atoms with Crippen LogP contribution in [0.15, 0.2) is 54.6 Å². The van der Waals surface area contributed by atoms with Crippen molar-refractivity contribution in [2.24, 2.45) is 0 Å². The summed E-state index contributed by atoms with van der Waals surface area (Å²) in [5.74, 6) is -1.64. The molecule has 0 aliphatic heterocycles. The zero-order valence-corrected chi connectivity index (χ0v) is 21.4. The number of hydrogen-bond donors (Lipinski definition) is 1. The van der Waals surface area contributed by atoms with Gasteiger partial charge in [-0.15, -0.1) is 0 Å². The first-order chi connectivity index (χ1) is 16.5. The minimum atomic E-state index is -1.47. The van der Waals surface area contributed by atoms with Gasteiger partial charge < -0.3 is 19.5 Å². The summed E-state index contributed by atoms with van der Waals surface area (Å²) in [7, 11) is 0. The Labute approximate surface area is 208 Å². The number of benzene rings is 2. The van der Waals surface area contributed by atoms with Crippen molar-refractivity contribution >= 4 is 18.0 Å². The Bertz CT molecular complexity index is 998. The second-order valence-electron chi connectivity index (χ2n) is 9.85. The molecule has 0 spiro atoms. The number of nitrogens with zero attached hydrogens (tertiary/aromatic N) is 1. The summed E-state index contributed by atoms with van der Waals surface area (Å²) in [6.07, 6.45) is 1.61. The Morgan fingerprint density at radius 3 is 2.26 bits per heavy atom. The standard InChI is InChI=1S/C28H37NO6/c1-6-7-18-34-26(33)29(17-16-21-12-9-8-10-13-21)20-28(5,25(31)32)23-15-11-14-22(19-23)24(30)35-27(2,3)4/h8-15,19H,6-7,16-18,20H2,1-5H3,(H,31,32). The Morgan fingerprint density at radius 2 is 1.66 bits per heavy atom. The van der Waals surface area contributed by atoms with Crippen LogP contribution in [0, 0.1) is 0 Å². The fourth-order valence-electron chi connectivity index (χ4n) is 3.53. The first-order valence-electron chi connectivity index (χ1n) is 12.0. The minimum absolute atomic E-state index is 0.113. The first kappa shape index (κ1) is 27.9. The Kier molecular flexibility index (Phi) is 9.87. The molecule has 0 heterocycles. The van der Waals surface area contributed by atoms with E-state index in [-0.39, 0.29) is 18.7 Å². The second kappa shape index (κ2) is 12.4. The quantitative estimate of drug-likeness (QED) is 0.337. The molecule has 7 heteroatoms. The lowest BCUT2D eigenvalue weighted by Gasteiger charge is -2.32. The van der Waals surface area contributed by atoms with E-state index < -0.39 is 29.0 Å². The molecule has 0 saturated heterocycles. The molecule has 190 valence electrons. The van der Waals surface area contributed by atoms with Crippen molar-refractivity contribution in [3.8, 4) is 0 Å². The zero-order chi connectivity index (χ0) is 26.1. The van der Waals surface area contributed by atoms with E-state index in [4.69, 9.17) is 9.47 Å². The number of aliphatic carboxylic acids is 1. The van der Waals surface area contributed by atoms with E-state index in [2.05, 4.69) is 0 Å². The van der Waals surface area contributed by atoms with Gasteiger partial charge in [-0.2, -0.15) is 0 Å². The van der Waals surface area contributed by atoms with Crippen LogP contribution in [0.1, 0.15) is 68.9 Å². The molecule has 1 amide bonds. The highest BCUT2D eigenvalue weighted by Gasteiger charge is 2.39. The van der Waals surface area contributed by atoms with E-state index in [0.29, 0.717) is 18.5 Å². The molecule has 2 aromatic rings. The molecule has 7 nitrogen and oxygen atoms in total. The van der Waals surface area contributed by atoms with Gasteiger partial charge in [0, 0.05) is 13.1 Å². The van der Waals surface area contributed by atoms with E-state index in [0.717, 1.165) is 18.4 Å². The summed E-state index contributed by atoms with van der Waals surface area (Å²) in [4.78, 5) is 39.5. The summed E-state index contributed by atoms with van der Waals surface area (Å²) >= 11 is 0. The van der Waals surface area contributed by atoms with Gasteiger partial charge in [-0.05, 0) is 63.8 Å². The summed E-state index contributed by atoms with van der Waals surface area (Å²) in [6.45, 7) is 9.32. The van der Waals surface area contributed by atoms with E-state index >= 15 is 0 Å². The van der Waals surface area contributed by atoms with Gasteiger partial charge in [-0.25, -0.2) is 9.59 Å². The molecule has 35 heavy (non-hydrogen) atoms. The number of esters is 1. The van der Waals surface area contributed by atoms with Gasteiger partial charge in [-0.1, -0.05) is 55.8 Å². The van der Waals surface area contributed by atoms with Crippen LogP contribution < -0.4 is 0 Å². The summed E-state index contributed by atoms with van der Waals surface area (Å²) in [6, 6.07) is 16.1.